The van der Waals surface area contributed by atoms with Gasteiger partial charge in [-0.1, -0.05) is 12.1 Å². The van der Waals surface area contributed by atoms with Crippen molar-refractivity contribution in [3.05, 3.63) is 41.1 Å². The van der Waals surface area contributed by atoms with Crippen LogP contribution in [0.25, 0.3) is 0 Å². The molecule has 8 heteroatoms. The van der Waals surface area contributed by atoms with Crippen molar-refractivity contribution in [2.75, 3.05) is 25.5 Å². The van der Waals surface area contributed by atoms with E-state index < -0.39 is 29.6 Å². The highest BCUT2D eigenvalue weighted by atomic mass is 16.5. The number of aryl methyl sites for hydroxylation is 1. The standard InChI is InChI=1S/C18H19N3O5/c1-10-4-3-5-11(8-10)20-16(23)12-9-13(22)14(18(25)26-2)15-17(24)19-6-7-21(12)15/h3-5,8,12H,6-7,9H2,1-2H3,(H,19,24)(H,20,23)/t12-/m0/s1. The fraction of sp³-hybridized carbons (Fsp3) is 0.333. The third-order valence-electron chi connectivity index (χ3n) is 4.39. The lowest BCUT2D eigenvalue weighted by molar-refractivity contribution is -0.141. The molecule has 8 nitrogen and oxygen atoms in total. The zero-order chi connectivity index (χ0) is 18.8. The van der Waals surface area contributed by atoms with E-state index in [1.54, 1.807) is 6.07 Å². The lowest BCUT2D eigenvalue weighted by atomic mass is 9.92. The predicted octanol–water partition coefficient (Wildman–Crippen LogP) is 0.134. The van der Waals surface area contributed by atoms with Gasteiger partial charge >= 0.3 is 5.97 Å². The molecule has 0 unspecified atom stereocenters. The van der Waals surface area contributed by atoms with Crippen molar-refractivity contribution >= 4 is 29.3 Å². The summed E-state index contributed by atoms with van der Waals surface area (Å²) < 4.78 is 4.64. The number of fused-ring (bicyclic) bond motifs is 1. The van der Waals surface area contributed by atoms with Gasteiger partial charge in [-0.05, 0) is 24.6 Å². The molecule has 1 aromatic carbocycles. The topological polar surface area (TPSA) is 105 Å². The smallest absolute Gasteiger partial charge is 0.343 e. The molecular weight excluding hydrogens is 338 g/mol. The first-order chi connectivity index (χ1) is 12.4. The maximum atomic E-state index is 12.8. The fourth-order valence-corrected chi connectivity index (χ4v) is 3.20. The third-order valence-corrected chi connectivity index (χ3v) is 4.39. The van der Waals surface area contributed by atoms with Crippen LogP contribution in [0.2, 0.25) is 0 Å². The Balaban J connectivity index is 1.93. The SMILES string of the molecule is COC(=O)C1=C2C(=O)NCCN2[C@H](C(=O)Nc2cccc(C)c2)CC1=O. The Hall–Kier alpha value is -3.16. The normalized spacial score (nSPS) is 19.6. The first kappa shape index (κ1) is 17.7. The lowest BCUT2D eigenvalue weighted by Crippen LogP contribution is -2.57. The first-order valence-electron chi connectivity index (χ1n) is 8.20. The van der Waals surface area contributed by atoms with E-state index >= 15 is 0 Å². The van der Waals surface area contributed by atoms with Crippen molar-refractivity contribution in [2.24, 2.45) is 0 Å². The molecule has 0 radical (unpaired) electrons. The van der Waals surface area contributed by atoms with Gasteiger partial charge in [0.25, 0.3) is 5.91 Å². The lowest BCUT2D eigenvalue weighted by Gasteiger charge is -2.40. The Bertz CT molecular complexity index is 830. The third kappa shape index (κ3) is 3.17. The molecule has 0 bridgehead atoms. The average Bonchev–Trinajstić information content (AvgIpc) is 2.61. The van der Waals surface area contributed by atoms with E-state index in [-0.39, 0.29) is 17.7 Å². The molecule has 0 aliphatic carbocycles. The van der Waals surface area contributed by atoms with Crippen molar-refractivity contribution in [3.63, 3.8) is 0 Å². The van der Waals surface area contributed by atoms with Crippen molar-refractivity contribution in [1.29, 1.82) is 0 Å². The monoisotopic (exact) mass is 357 g/mol. The summed E-state index contributed by atoms with van der Waals surface area (Å²) in [5.41, 5.74) is 1.19. The summed E-state index contributed by atoms with van der Waals surface area (Å²) in [6.07, 6.45) is -0.196. The molecule has 1 aromatic rings. The summed E-state index contributed by atoms with van der Waals surface area (Å²) in [7, 11) is 1.14. The van der Waals surface area contributed by atoms with Gasteiger partial charge in [0, 0.05) is 25.2 Å². The second-order valence-corrected chi connectivity index (χ2v) is 6.17. The van der Waals surface area contributed by atoms with Crippen molar-refractivity contribution in [2.45, 2.75) is 19.4 Å². The number of amides is 2. The number of piperazine rings is 1. The largest absolute Gasteiger partial charge is 0.465 e. The highest BCUT2D eigenvalue weighted by Gasteiger charge is 2.44. The number of rotatable bonds is 3. The molecule has 2 aliphatic heterocycles. The van der Waals surface area contributed by atoms with Crippen molar-refractivity contribution < 1.29 is 23.9 Å². The number of methoxy groups -OCH3 is 1. The molecule has 136 valence electrons. The van der Waals surface area contributed by atoms with E-state index in [1.807, 2.05) is 25.1 Å². The summed E-state index contributed by atoms with van der Waals surface area (Å²) in [5, 5.41) is 5.37. The van der Waals surface area contributed by atoms with E-state index in [4.69, 9.17) is 0 Å². The van der Waals surface area contributed by atoms with Crippen LogP contribution in [0.5, 0.6) is 0 Å². The van der Waals surface area contributed by atoms with Crippen molar-refractivity contribution in [3.8, 4) is 0 Å². The number of hydrogen-bond donors (Lipinski definition) is 2. The van der Waals surface area contributed by atoms with Gasteiger partial charge in [-0.3, -0.25) is 14.4 Å². The zero-order valence-electron chi connectivity index (χ0n) is 14.5. The van der Waals surface area contributed by atoms with Crippen LogP contribution >= 0.6 is 0 Å². The van der Waals surface area contributed by atoms with E-state index in [1.165, 1.54) is 4.90 Å². The Kier molecular flexibility index (Phi) is 4.75. The Morgan fingerprint density at radius 3 is 2.77 bits per heavy atom. The van der Waals surface area contributed by atoms with Crippen molar-refractivity contribution in [1.82, 2.24) is 10.2 Å². The summed E-state index contributed by atoms with van der Waals surface area (Å²) in [4.78, 5) is 51.0. The molecule has 3 rings (SSSR count). The molecule has 2 aliphatic rings. The minimum atomic E-state index is -0.871. The van der Waals surface area contributed by atoms with Gasteiger partial charge < -0.3 is 20.3 Å². The van der Waals surface area contributed by atoms with Gasteiger partial charge in [-0.2, -0.15) is 0 Å². The predicted molar refractivity (Wildman–Crippen MR) is 92.0 cm³/mol. The number of Topliss-reactive ketones (excluding diaryl/α,β-unsaturated/α-hetero) is 1. The van der Waals surface area contributed by atoms with Gasteiger partial charge in [-0.15, -0.1) is 0 Å². The Morgan fingerprint density at radius 1 is 1.31 bits per heavy atom. The number of carbonyl (C=O) groups excluding carboxylic acids is 4. The number of benzene rings is 1. The van der Waals surface area contributed by atoms with Crippen LogP contribution in [0.4, 0.5) is 5.69 Å². The molecule has 1 atom stereocenters. The van der Waals surface area contributed by atoms with E-state index in [0.717, 1.165) is 12.7 Å². The van der Waals surface area contributed by atoms with E-state index in [2.05, 4.69) is 15.4 Å². The van der Waals surface area contributed by atoms with Gasteiger partial charge in [0.05, 0.1) is 7.11 Å². The fourth-order valence-electron chi connectivity index (χ4n) is 3.20. The summed E-state index contributed by atoms with van der Waals surface area (Å²) >= 11 is 0. The number of nitrogens with one attached hydrogen (secondary N) is 2. The molecule has 0 aromatic heterocycles. The summed E-state index contributed by atoms with van der Waals surface area (Å²) in [6.45, 7) is 2.54. The van der Waals surface area contributed by atoms with Gasteiger partial charge in [0.1, 0.15) is 17.3 Å². The van der Waals surface area contributed by atoms with E-state index in [9.17, 15) is 19.2 Å². The highest BCUT2D eigenvalue weighted by Crippen LogP contribution is 2.28. The maximum Gasteiger partial charge on any atom is 0.343 e. The van der Waals surface area contributed by atoms with Crippen LogP contribution in [-0.2, 0) is 23.9 Å². The van der Waals surface area contributed by atoms with Crippen LogP contribution in [0.3, 0.4) is 0 Å². The van der Waals surface area contributed by atoms with Gasteiger partial charge in [-0.25, -0.2) is 4.79 Å². The highest BCUT2D eigenvalue weighted by molar-refractivity contribution is 6.24. The molecule has 0 spiro atoms. The molecule has 26 heavy (non-hydrogen) atoms. The number of anilines is 1. The minimum Gasteiger partial charge on any atom is -0.465 e. The van der Waals surface area contributed by atoms with Crippen LogP contribution in [0, 0.1) is 6.92 Å². The number of ketones is 1. The zero-order valence-corrected chi connectivity index (χ0v) is 14.5. The molecule has 0 saturated carbocycles. The second-order valence-electron chi connectivity index (χ2n) is 6.17. The molecule has 2 N–H and O–H groups in total. The van der Waals surface area contributed by atoms with Gasteiger partial charge in [0.15, 0.2) is 5.78 Å². The summed E-state index contributed by atoms with van der Waals surface area (Å²) in [6, 6.07) is 6.40. The van der Waals surface area contributed by atoms with Crippen LogP contribution in [0.15, 0.2) is 35.5 Å². The number of esters is 1. The Labute approximate surface area is 150 Å². The first-order valence-corrected chi connectivity index (χ1v) is 8.20. The quantitative estimate of drug-likeness (QED) is 0.589. The Morgan fingerprint density at radius 2 is 2.08 bits per heavy atom. The number of hydrogen-bond acceptors (Lipinski definition) is 6. The van der Waals surface area contributed by atoms with Crippen LogP contribution in [-0.4, -0.2) is 54.7 Å². The number of nitrogens with zero attached hydrogens (tertiary/aromatic N) is 1. The molecule has 1 fully saturated rings. The van der Waals surface area contributed by atoms with Gasteiger partial charge in [0.2, 0.25) is 5.91 Å². The number of ether oxygens (including phenoxy) is 1. The van der Waals surface area contributed by atoms with Crippen LogP contribution in [0.1, 0.15) is 12.0 Å². The summed E-state index contributed by atoms with van der Waals surface area (Å²) in [5.74, 6) is -2.41. The molecular formula is C18H19N3O5. The number of carbonyl (C=O) groups is 4. The maximum absolute atomic E-state index is 12.8. The second kappa shape index (κ2) is 6.99. The minimum absolute atomic E-state index is 0.0938. The molecule has 1 saturated heterocycles. The van der Waals surface area contributed by atoms with Crippen LogP contribution < -0.4 is 10.6 Å². The average molecular weight is 357 g/mol. The molecule has 2 heterocycles. The molecule has 2 amide bonds. The van der Waals surface area contributed by atoms with E-state index in [0.29, 0.717) is 18.8 Å².